The van der Waals surface area contributed by atoms with Crippen molar-refractivity contribution in [2.24, 2.45) is 5.92 Å². The first kappa shape index (κ1) is 13.4. The fraction of sp³-hybridized carbons (Fsp3) is 0.600. The Bertz CT molecular complexity index is 405. The van der Waals surface area contributed by atoms with Crippen LogP contribution in [0.1, 0.15) is 31.2 Å². The van der Waals surface area contributed by atoms with Crippen molar-refractivity contribution < 1.29 is 5.11 Å². The monoisotopic (exact) mass is 248 g/mol. The van der Waals surface area contributed by atoms with Gasteiger partial charge in [0.15, 0.2) is 0 Å². The van der Waals surface area contributed by atoms with Crippen LogP contribution in [0.2, 0.25) is 0 Å². The van der Waals surface area contributed by atoms with Gasteiger partial charge in [-0.3, -0.25) is 0 Å². The van der Waals surface area contributed by atoms with Crippen LogP contribution < -0.4 is 5.73 Å². The molecule has 18 heavy (non-hydrogen) atoms. The van der Waals surface area contributed by atoms with E-state index >= 15 is 0 Å². The molecule has 1 fully saturated rings. The Hall–Kier alpha value is -1.06. The second-order valence-corrected chi connectivity index (χ2v) is 5.75. The quantitative estimate of drug-likeness (QED) is 0.806. The molecule has 1 aromatic rings. The molecule has 1 saturated carbocycles. The summed E-state index contributed by atoms with van der Waals surface area (Å²) in [4.78, 5) is 2.16. The Labute approximate surface area is 110 Å². The Morgan fingerprint density at radius 2 is 2.17 bits per heavy atom. The van der Waals surface area contributed by atoms with Crippen molar-refractivity contribution in [1.29, 1.82) is 0 Å². The molecule has 0 radical (unpaired) electrons. The summed E-state index contributed by atoms with van der Waals surface area (Å²) in [6, 6.07) is 7.74. The summed E-state index contributed by atoms with van der Waals surface area (Å²) < 4.78 is 0. The molecule has 3 heteroatoms. The fourth-order valence-corrected chi connectivity index (χ4v) is 3.10. The Morgan fingerprint density at radius 3 is 2.83 bits per heavy atom. The zero-order valence-electron chi connectivity index (χ0n) is 11.4. The molecule has 1 aliphatic rings. The van der Waals surface area contributed by atoms with Gasteiger partial charge in [0.25, 0.3) is 0 Å². The van der Waals surface area contributed by atoms with E-state index in [1.165, 1.54) is 6.42 Å². The molecule has 0 saturated heterocycles. The lowest BCUT2D eigenvalue weighted by Gasteiger charge is -2.41. The third-order valence-corrected chi connectivity index (χ3v) is 4.01. The van der Waals surface area contributed by atoms with Gasteiger partial charge in [-0.1, -0.05) is 25.0 Å². The summed E-state index contributed by atoms with van der Waals surface area (Å²) in [5.74, 6) is 0.294. The molecule has 0 spiro atoms. The molecule has 3 N–H and O–H groups in total. The van der Waals surface area contributed by atoms with Crippen LogP contribution in [0.25, 0.3) is 0 Å². The van der Waals surface area contributed by atoms with Gasteiger partial charge < -0.3 is 15.7 Å². The minimum absolute atomic E-state index is 0.294. The highest BCUT2D eigenvalue weighted by atomic mass is 16.3. The number of benzene rings is 1. The first-order valence-electron chi connectivity index (χ1n) is 6.75. The fourth-order valence-electron chi connectivity index (χ4n) is 3.10. The van der Waals surface area contributed by atoms with E-state index in [0.29, 0.717) is 5.92 Å². The number of hydrogen-bond donors (Lipinski definition) is 2. The van der Waals surface area contributed by atoms with Gasteiger partial charge in [-0.15, -0.1) is 0 Å². The number of nitrogens with zero attached hydrogens (tertiary/aromatic N) is 1. The SMILES string of the molecule is CN(C)C[C@@H]1CCCC[C@]1(O)c1cccc(N)c1. The highest BCUT2D eigenvalue weighted by molar-refractivity contribution is 5.43. The van der Waals surface area contributed by atoms with E-state index in [0.717, 1.165) is 37.1 Å². The highest BCUT2D eigenvalue weighted by Crippen LogP contribution is 2.42. The maximum absolute atomic E-state index is 11.1. The zero-order valence-corrected chi connectivity index (χ0v) is 11.4. The summed E-state index contributed by atoms with van der Waals surface area (Å²) in [5.41, 5.74) is 6.85. The number of nitrogen functional groups attached to an aromatic ring is 1. The lowest BCUT2D eigenvalue weighted by Crippen LogP contribution is -2.43. The van der Waals surface area contributed by atoms with Gasteiger partial charge in [0.2, 0.25) is 0 Å². The van der Waals surface area contributed by atoms with Crippen LogP contribution in [0.3, 0.4) is 0 Å². The average Bonchev–Trinajstić information content (AvgIpc) is 2.32. The van der Waals surface area contributed by atoms with Gasteiger partial charge in [-0.25, -0.2) is 0 Å². The standard InChI is InChI=1S/C15H24N2O/c1-17(2)11-13-6-3-4-9-15(13,18)12-7-5-8-14(16)10-12/h5,7-8,10,13,18H,3-4,6,9,11,16H2,1-2H3/t13-,15-/m0/s1. The number of rotatable bonds is 3. The van der Waals surface area contributed by atoms with E-state index in [2.05, 4.69) is 19.0 Å². The lowest BCUT2D eigenvalue weighted by atomic mass is 9.71. The van der Waals surface area contributed by atoms with Gasteiger partial charge in [-0.2, -0.15) is 0 Å². The predicted octanol–water partition coefficient (Wildman–Crippen LogP) is 2.21. The van der Waals surface area contributed by atoms with Gasteiger partial charge in [0, 0.05) is 18.2 Å². The van der Waals surface area contributed by atoms with Crippen molar-refractivity contribution in [3.05, 3.63) is 29.8 Å². The third-order valence-electron chi connectivity index (χ3n) is 4.01. The summed E-state index contributed by atoms with van der Waals surface area (Å²) in [7, 11) is 4.13. The van der Waals surface area contributed by atoms with Crippen LogP contribution in [-0.2, 0) is 5.60 Å². The average molecular weight is 248 g/mol. The molecule has 0 amide bonds. The first-order chi connectivity index (χ1) is 8.52. The van der Waals surface area contributed by atoms with E-state index in [1.807, 2.05) is 24.3 Å². The second kappa shape index (κ2) is 5.29. The molecular weight excluding hydrogens is 224 g/mol. The maximum Gasteiger partial charge on any atom is 0.0937 e. The van der Waals surface area contributed by atoms with E-state index in [1.54, 1.807) is 0 Å². The molecule has 3 nitrogen and oxygen atoms in total. The van der Waals surface area contributed by atoms with Crippen molar-refractivity contribution >= 4 is 5.69 Å². The van der Waals surface area contributed by atoms with E-state index in [4.69, 9.17) is 5.73 Å². The van der Waals surface area contributed by atoms with Crippen molar-refractivity contribution in [1.82, 2.24) is 4.90 Å². The molecule has 0 unspecified atom stereocenters. The molecule has 1 aromatic carbocycles. The number of anilines is 1. The smallest absolute Gasteiger partial charge is 0.0937 e. The molecule has 2 rings (SSSR count). The molecule has 0 bridgehead atoms. The van der Waals surface area contributed by atoms with Gasteiger partial charge >= 0.3 is 0 Å². The predicted molar refractivity (Wildman–Crippen MR) is 75.3 cm³/mol. The zero-order chi connectivity index (χ0) is 13.2. The molecule has 2 atom stereocenters. The van der Waals surface area contributed by atoms with E-state index in [-0.39, 0.29) is 0 Å². The van der Waals surface area contributed by atoms with Crippen molar-refractivity contribution in [2.45, 2.75) is 31.3 Å². The molecule has 0 aromatic heterocycles. The number of hydrogen-bond acceptors (Lipinski definition) is 3. The summed E-state index contributed by atoms with van der Waals surface area (Å²) in [5, 5.41) is 11.1. The highest BCUT2D eigenvalue weighted by Gasteiger charge is 2.40. The number of nitrogens with two attached hydrogens (primary N) is 1. The third kappa shape index (κ3) is 2.68. The van der Waals surface area contributed by atoms with Gasteiger partial charge in [0.1, 0.15) is 0 Å². The van der Waals surface area contributed by atoms with E-state index in [9.17, 15) is 5.11 Å². The van der Waals surface area contributed by atoms with Crippen molar-refractivity contribution in [3.8, 4) is 0 Å². The van der Waals surface area contributed by atoms with Crippen molar-refractivity contribution in [3.63, 3.8) is 0 Å². The first-order valence-corrected chi connectivity index (χ1v) is 6.75. The molecular formula is C15H24N2O. The Kier molecular flexibility index (Phi) is 3.93. The van der Waals surface area contributed by atoms with Crippen LogP contribution in [-0.4, -0.2) is 30.6 Å². The summed E-state index contributed by atoms with van der Waals surface area (Å²) in [6.07, 6.45) is 4.23. The van der Waals surface area contributed by atoms with Crippen LogP contribution >= 0.6 is 0 Å². The minimum Gasteiger partial charge on any atom is -0.399 e. The van der Waals surface area contributed by atoms with Crippen LogP contribution in [0, 0.1) is 5.92 Å². The lowest BCUT2D eigenvalue weighted by molar-refractivity contribution is -0.0618. The van der Waals surface area contributed by atoms with Crippen molar-refractivity contribution in [2.75, 3.05) is 26.4 Å². The minimum atomic E-state index is -0.710. The topological polar surface area (TPSA) is 49.5 Å². The van der Waals surface area contributed by atoms with Crippen LogP contribution in [0.5, 0.6) is 0 Å². The van der Waals surface area contributed by atoms with Gasteiger partial charge in [0.05, 0.1) is 5.60 Å². The molecule has 1 aliphatic carbocycles. The second-order valence-electron chi connectivity index (χ2n) is 5.75. The molecule has 0 aliphatic heterocycles. The van der Waals surface area contributed by atoms with Crippen LogP contribution in [0.15, 0.2) is 24.3 Å². The number of aliphatic hydroxyl groups is 1. The van der Waals surface area contributed by atoms with Gasteiger partial charge in [-0.05, 0) is 44.6 Å². The molecule has 0 heterocycles. The summed E-state index contributed by atoms with van der Waals surface area (Å²) in [6.45, 7) is 0.922. The summed E-state index contributed by atoms with van der Waals surface area (Å²) >= 11 is 0. The maximum atomic E-state index is 11.1. The normalized spacial score (nSPS) is 28.6. The van der Waals surface area contributed by atoms with E-state index < -0.39 is 5.60 Å². The Morgan fingerprint density at radius 1 is 1.39 bits per heavy atom. The largest absolute Gasteiger partial charge is 0.399 e. The van der Waals surface area contributed by atoms with Crippen LogP contribution in [0.4, 0.5) is 5.69 Å². The Balaban J connectivity index is 2.29. The molecule has 100 valence electrons.